The third-order valence-corrected chi connectivity index (χ3v) is 3.54. The van der Waals surface area contributed by atoms with Crippen LogP contribution in [-0.2, 0) is 6.42 Å². The molecule has 1 aliphatic rings. The van der Waals surface area contributed by atoms with Crippen molar-refractivity contribution in [2.24, 2.45) is 11.7 Å². The summed E-state index contributed by atoms with van der Waals surface area (Å²) in [6, 6.07) is 6.42. The second-order valence-corrected chi connectivity index (χ2v) is 4.42. The van der Waals surface area contributed by atoms with E-state index < -0.39 is 0 Å². The highest BCUT2D eigenvalue weighted by Crippen LogP contribution is 2.39. The van der Waals surface area contributed by atoms with Crippen molar-refractivity contribution in [3.8, 4) is 5.75 Å². The molecule has 0 radical (unpaired) electrons. The maximum Gasteiger partial charge on any atom is 0.119 e. The molecule has 0 saturated heterocycles. The predicted octanol–water partition coefficient (Wildman–Crippen LogP) is 2.32. The standard InChI is InChI=1S/C13H19NO/c1-9(8-14)12-6-4-10-3-5-11(15-2)7-13(10)12/h3,5,7,9,12H,4,6,8,14H2,1-2H3. The number of ether oxygens (including phenoxy) is 1. The topological polar surface area (TPSA) is 35.2 Å². The molecule has 1 aliphatic carbocycles. The Kier molecular flexibility index (Phi) is 2.96. The number of hydrogen-bond donors (Lipinski definition) is 1. The van der Waals surface area contributed by atoms with Gasteiger partial charge in [-0.15, -0.1) is 0 Å². The Bertz CT molecular complexity index is 348. The van der Waals surface area contributed by atoms with Crippen LogP contribution in [0, 0.1) is 5.92 Å². The largest absolute Gasteiger partial charge is 0.497 e. The molecule has 0 heterocycles. The van der Waals surface area contributed by atoms with Crippen molar-refractivity contribution < 1.29 is 4.74 Å². The van der Waals surface area contributed by atoms with E-state index in [9.17, 15) is 0 Å². The number of benzene rings is 1. The molecule has 0 aromatic heterocycles. The number of rotatable bonds is 3. The van der Waals surface area contributed by atoms with Gasteiger partial charge in [0.2, 0.25) is 0 Å². The van der Waals surface area contributed by atoms with E-state index in [1.54, 1.807) is 7.11 Å². The van der Waals surface area contributed by atoms with E-state index in [1.165, 1.54) is 24.0 Å². The zero-order valence-electron chi connectivity index (χ0n) is 9.49. The van der Waals surface area contributed by atoms with Gasteiger partial charge in [0.15, 0.2) is 0 Å². The van der Waals surface area contributed by atoms with Crippen LogP contribution < -0.4 is 10.5 Å². The van der Waals surface area contributed by atoms with Crippen molar-refractivity contribution in [3.63, 3.8) is 0 Å². The third kappa shape index (κ3) is 1.86. The highest BCUT2D eigenvalue weighted by atomic mass is 16.5. The first-order valence-corrected chi connectivity index (χ1v) is 5.63. The normalized spacial score (nSPS) is 21.1. The lowest BCUT2D eigenvalue weighted by Crippen LogP contribution is -2.17. The van der Waals surface area contributed by atoms with Crippen LogP contribution in [0.3, 0.4) is 0 Å². The van der Waals surface area contributed by atoms with E-state index in [0.29, 0.717) is 11.8 Å². The monoisotopic (exact) mass is 205 g/mol. The van der Waals surface area contributed by atoms with E-state index in [0.717, 1.165) is 12.3 Å². The van der Waals surface area contributed by atoms with Gasteiger partial charge in [-0.2, -0.15) is 0 Å². The molecule has 1 aromatic carbocycles. The molecule has 15 heavy (non-hydrogen) atoms. The Morgan fingerprint density at radius 3 is 3.00 bits per heavy atom. The van der Waals surface area contributed by atoms with E-state index in [4.69, 9.17) is 10.5 Å². The van der Waals surface area contributed by atoms with Gasteiger partial charge in [0, 0.05) is 0 Å². The van der Waals surface area contributed by atoms with Gasteiger partial charge in [-0.05, 0) is 54.5 Å². The fourth-order valence-electron chi connectivity index (χ4n) is 2.49. The minimum Gasteiger partial charge on any atom is -0.497 e. The lowest BCUT2D eigenvalue weighted by Gasteiger charge is -2.18. The highest BCUT2D eigenvalue weighted by Gasteiger charge is 2.26. The fourth-order valence-corrected chi connectivity index (χ4v) is 2.49. The molecule has 0 spiro atoms. The molecule has 2 atom stereocenters. The van der Waals surface area contributed by atoms with Crippen LogP contribution in [0.4, 0.5) is 0 Å². The summed E-state index contributed by atoms with van der Waals surface area (Å²) in [5, 5.41) is 0. The molecular formula is C13H19NO. The van der Waals surface area contributed by atoms with Crippen molar-refractivity contribution >= 4 is 0 Å². The molecule has 82 valence electrons. The molecule has 2 heteroatoms. The van der Waals surface area contributed by atoms with Gasteiger partial charge in [-0.3, -0.25) is 0 Å². The summed E-state index contributed by atoms with van der Waals surface area (Å²) < 4.78 is 5.27. The van der Waals surface area contributed by atoms with Crippen molar-refractivity contribution in [1.29, 1.82) is 0 Å². The van der Waals surface area contributed by atoms with Gasteiger partial charge in [-0.25, -0.2) is 0 Å². The van der Waals surface area contributed by atoms with Gasteiger partial charge >= 0.3 is 0 Å². The number of methoxy groups -OCH3 is 1. The van der Waals surface area contributed by atoms with Crippen LogP contribution in [-0.4, -0.2) is 13.7 Å². The predicted molar refractivity (Wildman–Crippen MR) is 62.3 cm³/mol. The van der Waals surface area contributed by atoms with Crippen molar-refractivity contribution in [1.82, 2.24) is 0 Å². The SMILES string of the molecule is COc1ccc2c(c1)C(C(C)CN)CC2. The van der Waals surface area contributed by atoms with Crippen LogP contribution in [0.25, 0.3) is 0 Å². The zero-order valence-corrected chi connectivity index (χ0v) is 9.49. The first kappa shape index (κ1) is 10.5. The van der Waals surface area contributed by atoms with Gasteiger partial charge in [0.05, 0.1) is 7.11 Å². The molecule has 0 saturated carbocycles. The second kappa shape index (κ2) is 4.23. The van der Waals surface area contributed by atoms with Crippen LogP contribution in [0.1, 0.15) is 30.4 Å². The quantitative estimate of drug-likeness (QED) is 0.822. The lowest BCUT2D eigenvalue weighted by molar-refractivity contribution is 0.412. The van der Waals surface area contributed by atoms with Crippen LogP contribution in [0.15, 0.2) is 18.2 Å². The zero-order chi connectivity index (χ0) is 10.8. The molecule has 2 rings (SSSR count). The molecule has 2 N–H and O–H groups in total. The summed E-state index contributed by atoms with van der Waals surface area (Å²) in [4.78, 5) is 0. The summed E-state index contributed by atoms with van der Waals surface area (Å²) in [6.07, 6.45) is 2.43. The Balaban J connectivity index is 2.31. The first-order valence-electron chi connectivity index (χ1n) is 5.63. The molecule has 0 amide bonds. The van der Waals surface area contributed by atoms with E-state index in [2.05, 4.69) is 19.1 Å². The molecule has 0 aliphatic heterocycles. The highest BCUT2D eigenvalue weighted by molar-refractivity contribution is 5.41. The van der Waals surface area contributed by atoms with Crippen molar-refractivity contribution in [2.75, 3.05) is 13.7 Å². The molecule has 2 nitrogen and oxygen atoms in total. The van der Waals surface area contributed by atoms with Crippen molar-refractivity contribution in [2.45, 2.75) is 25.7 Å². The lowest BCUT2D eigenvalue weighted by atomic mass is 9.89. The third-order valence-electron chi connectivity index (χ3n) is 3.54. The Morgan fingerprint density at radius 2 is 2.33 bits per heavy atom. The maximum atomic E-state index is 5.75. The molecule has 0 fully saturated rings. The summed E-state index contributed by atoms with van der Waals surface area (Å²) in [7, 11) is 1.72. The smallest absolute Gasteiger partial charge is 0.119 e. The average Bonchev–Trinajstić information content (AvgIpc) is 2.70. The maximum absolute atomic E-state index is 5.75. The summed E-state index contributed by atoms with van der Waals surface area (Å²) >= 11 is 0. The summed E-state index contributed by atoms with van der Waals surface area (Å²) in [6.45, 7) is 3.00. The Morgan fingerprint density at radius 1 is 1.53 bits per heavy atom. The van der Waals surface area contributed by atoms with Gasteiger partial charge in [-0.1, -0.05) is 13.0 Å². The molecule has 0 bridgehead atoms. The van der Waals surface area contributed by atoms with E-state index >= 15 is 0 Å². The van der Waals surface area contributed by atoms with Crippen LogP contribution >= 0.6 is 0 Å². The Labute approximate surface area is 91.4 Å². The van der Waals surface area contributed by atoms with Crippen LogP contribution in [0.2, 0.25) is 0 Å². The van der Waals surface area contributed by atoms with E-state index in [-0.39, 0.29) is 0 Å². The van der Waals surface area contributed by atoms with Gasteiger partial charge in [0.1, 0.15) is 5.75 Å². The fraction of sp³-hybridized carbons (Fsp3) is 0.538. The minimum atomic E-state index is 0.568. The summed E-state index contributed by atoms with van der Waals surface area (Å²) in [5.74, 6) is 2.16. The van der Waals surface area contributed by atoms with E-state index in [1.807, 2.05) is 6.07 Å². The molecule has 1 aromatic rings. The summed E-state index contributed by atoms with van der Waals surface area (Å²) in [5.41, 5.74) is 8.67. The van der Waals surface area contributed by atoms with Gasteiger partial charge < -0.3 is 10.5 Å². The molecular weight excluding hydrogens is 186 g/mol. The molecule has 2 unspecified atom stereocenters. The minimum absolute atomic E-state index is 0.568. The van der Waals surface area contributed by atoms with Gasteiger partial charge in [0.25, 0.3) is 0 Å². The number of nitrogens with two attached hydrogens (primary N) is 1. The van der Waals surface area contributed by atoms with Crippen LogP contribution in [0.5, 0.6) is 5.75 Å². The Hall–Kier alpha value is -1.02. The van der Waals surface area contributed by atoms with Crippen molar-refractivity contribution in [3.05, 3.63) is 29.3 Å². The number of aryl methyl sites for hydroxylation is 1. The first-order chi connectivity index (χ1) is 7.26. The number of hydrogen-bond acceptors (Lipinski definition) is 2. The number of fused-ring (bicyclic) bond motifs is 1. The second-order valence-electron chi connectivity index (χ2n) is 4.42. The average molecular weight is 205 g/mol.